The Balaban J connectivity index is 3.30. The number of unbranched alkanes of at least 4 members (excludes halogenated alkanes) is 1. The first kappa shape index (κ1) is 8.56. The number of hydrogen-bond donors (Lipinski definition) is 0. The number of carbonyl (C=O) groups excluding carboxylic acids is 2. The molecule has 0 bridgehead atoms. The van der Waals surface area contributed by atoms with E-state index < -0.39 is 8.80 Å². The van der Waals surface area contributed by atoms with E-state index in [-0.39, 0.29) is 0 Å². The molecule has 0 amide bonds. The lowest BCUT2D eigenvalue weighted by atomic mass is 10.4. The number of carbonyl (C=O) groups is 2. The zero-order chi connectivity index (χ0) is 7.11. The summed E-state index contributed by atoms with van der Waals surface area (Å²) in [5.74, 6) is 1.63. The van der Waals surface area contributed by atoms with E-state index in [1.807, 2.05) is 0 Å². The van der Waals surface area contributed by atoms with Gasteiger partial charge in [0.2, 0.25) is 8.80 Å². The average Bonchev–Trinajstić information content (AvgIpc) is 1.91. The van der Waals surface area contributed by atoms with Gasteiger partial charge in [0.05, 0.1) is 0 Å². The van der Waals surface area contributed by atoms with Crippen LogP contribution in [0, 0.1) is 0 Å². The summed E-state index contributed by atoms with van der Waals surface area (Å²) in [6.45, 7) is 2.05. The van der Waals surface area contributed by atoms with Crippen molar-refractivity contribution >= 4 is 20.6 Å². The molecule has 0 aromatic carbocycles. The molecule has 2 nitrogen and oxygen atoms in total. The normalized spacial score (nSPS) is 9.56. The van der Waals surface area contributed by atoms with Crippen molar-refractivity contribution in [2.45, 2.75) is 25.8 Å². The SMILES string of the molecule is CCCC[Si](C=O)C=O. The largest absolute Gasteiger partial charge is 0.309 e. The molecular formula is C6H11O2Si. The van der Waals surface area contributed by atoms with E-state index in [0.29, 0.717) is 0 Å². The van der Waals surface area contributed by atoms with Crippen LogP contribution in [0.4, 0.5) is 0 Å². The highest BCUT2D eigenvalue weighted by atomic mass is 28.3. The van der Waals surface area contributed by atoms with Crippen molar-refractivity contribution in [2.24, 2.45) is 0 Å². The average molecular weight is 143 g/mol. The van der Waals surface area contributed by atoms with Gasteiger partial charge in [-0.15, -0.1) is 0 Å². The van der Waals surface area contributed by atoms with Crippen LogP contribution in [-0.4, -0.2) is 20.6 Å². The second-order valence-corrected chi connectivity index (χ2v) is 4.04. The molecular weight excluding hydrogens is 132 g/mol. The summed E-state index contributed by atoms with van der Waals surface area (Å²) >= 11 is 0. The summed E-state index contributed by atoms with van der Waals surface area (Å²) in [4.78, 5) is 20.1. The van der Waals surface area contributed by atoms with Gasteiger partial charge >= 0.3 is 0 Å². The lowest BCUT2D eigenvalue weighted by Gasteiger charge is -1.93. The van der Waals surface area contributed by atoms with Crippen LogP contribution in [-0.2, 0) is 9.59 Å². The molecule has 0 spiro atoms. The minimum atomic E-state index is -1.25. The fraction of sp³-hybridized carbons (Fsp3) is 0.667. The standard InChI is InChI=1S/C6H11O2Si/c1-2-3-4-9(5-7)6-8/h5-6H,2-4H2,1H3. The fourth-order valence-corrected chi connectivity index (χ4v) is 1.58. The van der Waals surface area contributed by atoms with E-state index >= 15 is 0 Å². The highest BCUT2D eigenvalue weighted by Gasteiger charge is 2.06. The Bertz CT molecular complexity index is 85.1. The Labute approximate surface area is 56.9 Å². The Kier molecular flexibility index (Phi) is 5.41. The van der Waals surface area contributed by atoms with Crippen molar-refractivity contribution < 1.29 is 9.59 Å². The molecule has 1 radical (unpaired) electrons. The zero-order valence-electron chi connectivity index (χ0n) is 5.59. The van der Waals surface area contributed by atoms with E-state index in [2.05, 4.69) is 6.92 Å². The van der Waals surface area contributed by atoms with Crippen LogP contribution < -0.4 is 0 Å². The summed E-state index contributed by atoms with van der Waals surface area (Å²) in [6.07, 6.45) is 2.07. The molecule has 51 valence electrons. The van der Waals surface area contributed by atoms with Crippen molar-refractivity contribution in [3.8, 4) is 0 Å². The quantitative estimate of drug-likeness (QED) is 0.422. The Hall–Kier alpha value is -0.443. The predicted molar refractivity (Wildman–Crippen MR) is 39.0 cm³/mol. The maximum atomic E-state index is 10.1. The topological polar surface area (TPSA) is 34.1 Å². The van der Waals surface area contributed by atoms with Crippen molar-refractivity contribution in [1.29, 1.82) is 0 Å². The first-order valence-electron chi connectivity index (χ1n) is 3.11. The van der Waals surface area contributed by atoms with Crippen LogP contribution in [0.3, 0.4) is 0 Å². The van der Waals surface area contributed by atoms with Crippen molar-refractivity contribution in [1.82, 2.24) is 0 Å². The molecule has 0 aromatic rings. The third-order valence-corrected chi connectivity index (χ3v) is 2.66. The number of hydrogen-bond acceptors (Lipinski definition) is 2. The minimum absolute atomic E-state index is 0.813. The van der Waals surface area contributed by atoms with Crippen molar-refractivity contribution in [3.63, 3.8) is 0 Å². The molecule has 0 aromatic heterocycles. The molecule has 0 aliphatic heterocycles. The molecule has 0 aliphatic carbocycles. The summed E-state index contributed by atoms with van der Waals surface area (Å²) in [7, 11) is -1.25. The molecule has 9 heavy (non-hydrogen) atoms. The molecule has 0 atom stereocenters. The Morgan fingerprint density at radius 3 is 2.22 bits per heavy atom. The van der Waals surface area contributed by atoms with E-state index in [1.54, 1.807) is 0 Å². The van der Waals surface area contributed by atoms with Crippen LogP contribution in [0.2, 0.25) is 6.04 Å². The van der Waals surface area contributed by atoms with Gasteiger partial charge in [-0.25, -0.2) is 0 Å². The van der Waals surface area contributed by atoms with Gasteiger partial charge in [0.1, 0.15) is 11.8 Å². The first-order chi connectivity index (χ1) is 4.35. The van der Waals surface area contributed by atoms with Crippen LogP contribution in [0.5, 0.6) is 0 Å². The van der Waals surface area contributed by atoms with E-state index in [9.17, 15) is 9.59 Å². The fourth-order valence-electron chi connectivity index (χ4n) is 0.527. The maximum Gasteiger partial charge on any atom is 0.208 e. The third-order valence-electron chi connectivity index (χ3n) is 1.12. The summed E-state index contributed by atoms with van der Waals surface area (Å²) < 4.78 is 0. The molecule has 0 aliphatic rings. The minimum Gasteiger partial charge on any atom is -0.309 e. The van der Waals surface area contributed by atoms with Gasteiger partial charge in [-0.3, -0.25) is 0 Å². The van der Waals surface area contributed by atoms with Crippen LogP contribution in [0.15, 0.2) is 0 Å². The smallest absolute Gasteiger partial charge is 0.208 e. The molecule has 0 fully saturated rings. The first-order valence-corrected chi connectivity index (χ1v) is 4.97. The monoisotopic (exact) mass is 143 g/mol. The van der Waals surface area contributed by atoms with E-state index in [4.69, 9.17) is 0 Å². The summed E-state index contributed by atoms with van der Waals surface area (Å²) in [5, 5.41) is 0. The second kappa shape index (κ2) is 5.69. The summed E-state index contributed by atoms with van der Waals surface area (Å²) in [5.41, 5.74) is 0. The predicted octanol–water partition coefficient (Wildman–Crippen LogP) is 0.825. The Morgan fingerprint density at radius 2 is 1.89 bits per heavy atom. The molecule has 3 heteroatoms. The third kappa shape index (κ3) is 4.09. The van der Waals surface area contributed by atoms with Gasteiger partial charge in [-0.1, -0.05) is 19.8 Å². The van der Waals surface area contributed by atoms with Gasteiger partial charge in [0, 0.05) is 0 Å². The molecule has 0 rings (SSSR count). The molecule has 0 unspecified atom stereocenters. The van der Waals surface area contributed by atoms with E-state index in [0.717, 1.165) is 30.7 Å². The van der Waals surface area contributed by atoms with Crippen LogP contribution >= 0.6 is 0 Å². The summed E-state index contributed by atoms with van der Waals surface area (Å²) in [6, 6.07) is 0.814. The van der Waals surface area contributed by atoms with Crippen molar-refractivity contribution in [2.75, 3.05) is 0 Å². The second-order valence-electron chi connectivity index (χ2n) is 1.91. The maximum absolute atomic E-state index is 10.1. The van der Waals surface area contributed by atoms with Gasteiger partial charge in [0.25, 0.3) is 0 Å². The van der Waals surface area contributed by atoms with Crippen molar-refractivity contribution in [3.05, 3.63) is 0 Å². The molecule has 0 saturated heterocycles. The van der Waals surface area contributed by atoms with Gasteiger partial charge in [-0.05, 0) is 6.04 Å². The highest BCUT2D eigenvalue weighted by molar-refractivity contribution is 7.03. The van der Waals surface area contributed by atoms with Crippen LogP contribution in [0.1, 0.15) is 19.8 Å². The lowest BCUT2D eigenvalue weighted by molar-refractivity contribution is 0.562. The van der Waals surface area contributed by atoms with Crippen LogP contribution in [0.25, 0.3) is 0 Å². The van der Waals surface area contributed by atoms with Gasteiger partial charge in [-0.2, -0.15) is 0 Å². The molecule has 0 heterocycles. The van der Waals surface area contributed by atoms with E-state index in [1.165, 1.54) is 0 Å². The number of rotatable bonds is 5. The molecule has 0 saturated carbocycles. The Morgan fingerprint density at radius 1 is 1.33 bits per heavy atom. The van der Waals surface area contributed by atoms with Gasteiger partial charge in [0.15, 0.2) is 0 Å². The van der Waals surface area contributed by atoms with Gasteiger partial charge < -0.3 is 9.59 Å². The lowest BCUT2D eigenvalue weighted by Crippen LogP contribution is -2.16. The molecule has 0 N–H and O–H groups in total. The zero-order valence-corrected chi connectivity index (χ0v) is 6.59. The highest BCUT2D eigenvalue weighted by Crippen LogP contribution is 1.96.